The summed E-state index contributed by atoms with van der Waals surface area (Å²) in [4.78, 5) is 27.4. The van der Waals surface area contributed by atoms with Gasteiger partial charge in [-0.25, -0.2) is 4.98 Å². The number of carbonyl (C=O) groups is 1. The Balaban J connectivity index is 1.55. The number of hydrogen-bond donors (Lipinski definition) is 2. The molecule has 8 heteroatoms. The number of amides is 1. The number of carbonyl (C=O) groups excluding carboxylic acids is 1. The van der Waals surface area contributed by atoms with E-state index in [1.54, 1.807) is 18.2 Å². The summed E-state index contributed by atoms with van der Waals surface area (Å²) in [6.45, 7) is 2.17. The first-order chi connectivity index (χ1) is 13.5. The number of rotatable bonds is 3. The van der Waals surface area contributed by atoms with Gasteiger partial charge in [0.15, 0.2) is 5.65 Å². The summed E-state index contributed by atoms with van der Waals surface area (Å²) in [5.74, 6) is 0.509. The van der Waals surface area contributed by atoms with Crippen LogP contribution in [0.15, 0.2) is 36.4 Å². The lowest BCUT2D eigenvalue weighted by Gasteiger charge is -2.33. The molecule has 1 amide bonds. The molecule has 3 heterocycles. The summed E-state index contributed by atoms with van der Waals surface area (Å²) >= 11 is 0. The fourth-order valence-electron chi connectivity index (χ4n) is 3.61. The Labute approximate surface area is 161 Å². The van der Waals surface area contributed by atoms with Crippen molar-refractivity contribution in [2.45, 2.75) is 18.4 Å². The molecule has 1 saturated carbocycles. The number of hydrogen-bond acceptors (Lipinski definition) is 7. The third kappa shape index (κ3) is 2.91. The first-order valence-electron chi connectivity index (χ1n) is 9.26. The highest BCUT2D eigenvalue weighted by atomic mass is 16.5. The maximum Gasteiger partial charge on any atom is 0.248 e. The zero-order valence-corrected chi connectivity index (χ0v) is 15.3. The smallest absolute Gasteiger partial charge is 0.248 e. The predicted molar refractivity (Wildman–Crippen MR) is 106 cm³/mol. The van der Waals surface area contributed by atoms with Crippen LogP contribution in [0.25, 0.3) is 22.3 Å². The maximum absolute atomic E-state index is 11.5. The third-order valence-corrected chi connectivity index (χ3v) is 5.36. The van der Waals surface area contributed by atoms with Crippen LogP contribution in [-0.2, 0) is 4.74 Å². The molecule has 28 heavy (non-hydrogen) atoms. The van der Waals surface area contributed by atoms with Gasteiger partial charge in [0, 0.05) is 24.2 Å². The highest BCUT2D eigenvalue weighted by molar-refractivity contribution is 5.94. The van der Waals surface area contributed by atoms with E-state index in [4.69, 9.17) is 16.2 Å². The van der Waals surface area contributed by atoms with Crippen LogP contribution < -0.4 is 16.4 Å². The molecule has 5 rings (SSSR count). The zero-order chi connectivity index (χ0) is 19.3. The summed E-state index contributed by atoms with van der Waals surface area (Å²) in [6, 6.07) is 10.8. The molecule has 3 aromatic rings. The molecule has 0 unspecified atom stereocenters. The molecule has 1 saturated heterocycles. The molecule has 1 aliphatic heterocycles. The van der Waals surface area contributed by atoms with Gasteiger partial charge >= 0.3 is 0 Å². The standard InChI is InChI=1S/C20H20N6O2/c21-16-14-4-5-15(12-2-1-3-13(10-12)17(22)27)23-18(14)25-19(24-16)26-8-9-28-20(11-26)6-7-20/h1-5,10H,6-9,11H2,(H2,22,27)(H2,21,23,24,25). The molecule has 1 aromatic carbocycles. The van der Waals surface area contributed by atoms with Gasteiger partial charge in [0.2, 0.25) is 11.9 Å². The number of pyridine rings is 1. The summed E-state index contributed by atoms with van der Waals surface area (Å²) in [6.07, 6.45) is 2.15. The van der Waals surface area contributed by atoms with Crippen LogP contribution in [0, 0.1) is 0 Å². The third-order valence-electron chi connectivity index (χ3n) is 5.36. The molecule has 1 spiro atoms. The number of fused-ring (bicyclic) bond motifs is 1. The van der Waals surface area contributed by atoms with Crippen LogP contribution in [0.4, 0.5) is 11.8 Å². The van der Waals surface area contributed by atoms with Crippen molar-refractivity contribution in [1.29, 1.82) is 0 Å². The number of morpholine rings is 1. The summed E-state index contributed by atoms with van der Waals surface area (Å²) in [5, 5.41) is 0.702. The zero-order valence-electron chi connectivity index (χ0n) is 15.3. The van der Waals surface area contributed by atoms with Gasteiger partial charge < -0.3 is 21.1 Å². The maximum atomic E-state index is 11.5. The van der Waals surface area contributed by atoms with E-state index in [1.807, 2.05) is 18.2 Å². The molecular weight excluding hydrogens is 356 g/mol. The number of nitrogens with zero attached hydrogens (tertiary/aromatic N) is 4. The van der Waals surface area contributed by atoms with E-state index < -0.39 is 5.91 Å². The van der Waals surface area contributed by atoms with E-state index in [9.17, 15) is 4.79 Å². The van der Waals surface area contributed by atoms with E-state index in [-0.39, 0.29) is 5.60 Å². The normalized spacial score (nSPS) is 17.8. The minimum Gasteiger partial charge on any atom is -0.383 e. The monoisotopic (exact) mass is 376 g/mol. The van der Waals surface area contributed by atoms with Crippen LogP contribution in [0.2, 0.25) is 0 Å². The Kier molecular flexibility index (Phi) is 3.70. The highest BCUT2D eigenvalue weighted by Crippen LogP contribution is 2.42. The second kappa shape index (κ2) is 6.13. The number of aromatic nitrogens is 3. The highest BCUT2D eigenvalue weighted by Gasteiger charge is 2.48. The molecule has 0 bridgehead atoms. The number of primary amides is 1. The van der Waals surface area contributed by atoms with Gasteiger partial charge in [0.05, 0.1) is 23.3 Å². The van der Waals surface area contributed by atoms with E-state index in [0.29, 0.717) is 40.7 Å². The number of nitrogens with two attached hydrogens (primary N) is 2. The van der Waals surface area contributed by atoms with Crippen LogP contribution in [0.1, 0.15) is 23.2 Å². The Morgan fingerprint density at radius 1 is 1.14 bits per heavy atom. The first-order valence-corrected chi connectivity index (χ1v) is 9.26. The Hall–Kier alpha value is -3.26. The summed E-state index contributed by atoms with van der Waals surface area (Å²) < 4.78 is 5.87. The number of nitrogen functional groups attached to an aromatic ring is 1. The molecule has 142 valence electrons. The quantitative estimate of drug-likeness (QED) is 0.714. The SMILES string of the molecule is NC(=O)c1cccc(-c2ccc3c(N)nc(N4CCOC5(CC5)C4)nc3n2)c1. The fourth-order valence-corrected chi connectivity index (χ4v) is 3.61. The van der Waals surface area contributed by atoms with Gasteiger partial charge in [-0.2, -0.15) is 9.97 Å². The first kappa shape index (κ1) is 16.9. The van der Waals surface area contributed by atoms with Crippen molar-refractivity contribution in [3.8, 4) is 11.3 Å². The minimum atomic E-state index is -0.474. The van der Waals surface area contributed by atoms with Crippen molar-refractivity contribution in [1.82, 2.24) is 15.0 Å². The van der Waals surface area contributed by atoms with Gasteiger partial charge in [-0.1, -0.05) is 12.1 Å². The lowest BCUT2D eigenvalue weighted by Crippen LogP contribution is -2.44. The van der Waals surface area contributed by atoms with Crippen molar-refractivity contribution < 1.29 is 9.53 Å². The van der Waals surface area contributed by atoms with Gasteiger partial charge in [0.25, 0.3) is 0 Å². The fraction of sp³-hybridized carbons (Fsp3) is 0.300. The number of anilines is 2. The van der Waals surface area contributed by atoms with E-state index in [2.05, 4.69) is 19.9 Å². The lowest BCUT2D eigenvalue weighted by molar-refractivity contribution is 0.0201. The van der Waals surface area contributed by atoms with Crippen LogP contribution in [0.5, 0.6) is 0 Å². The van der Waals surface area contributed by atoms with Crippen molar-refractivity contribution in [3.05, 3.63) is 42.0 Å². The van der Waals surface area contributed by atoms with Gasteiger partial charge in [0.1, 0.15) is 5.82 Å². The molecular formula is C20H20N6O2. The predicted octanol–water partition coefficient (Wildman–Crippen LogP) is 1.74. The van der Waals surface area contributed by atoms with E-state index in [0.717, 1.165) is 31.5 Å². The Morgan fingerprint density at radius 2 is 2.00 bits per heavy atom. The molecule has 1 aliphatic carbocycles. The van der Waals surface area contributed by atoms with Crippen molar-refractivity contribution in [3.63, 3.8) is 0 Å². The van der Waals surface area contributed by atoms with Crippen LogP contribution in [0.3, 0.4) is 0 Å². The van der Waals surface area contributed by atoms with E-state index in [1.165, 1.54) is 0 Å². The van der Waals surface area contributed by atoms with Crippen LogP contribution >= 0.6 is 0 Å². The van der Waals surface area contributed by atoms with Gasteiger partial charge in [-0.15, -0.1) is 0 Å². The summed E-state index contributed by atoms with van der Waals surface area (Å²) in [7, 11) is 0. The molecule has 8 nitrogen and oxygen atoms in total. The summed E-state index contributed by atoms with van der Waals surface area (Å²) in [5.41, 5.74) is 14.0. The van der Waals surface area contributed by atoms with Crippen molar-refractivity contribution in [2.75, 3.05) is 30.3 Å². The molecule has 0 radical (unpaired) electrons. The Morgan fingerprint density at radius 3 is 2.79 bits per heavy atom. The van der Waals surface area contributed by atoms with Crippen molar-refractivity contribution in [2.24, 2.45) is 5.73 Å². The molecule has 2 aliphatic rings. The average molecular weight is 376 g/mol. The second-order valence-corrected chi connectivity index (χ2v) is 7.37. The average Bonchev–Trinajstić information content (AvgIpc) is 3.45. The molecule has 4 N–H and O–H groups in total. The molecule has 2 aromatic heterocycles. The largest absolute Gasteiger partial charge is 0.383 e. The topological polar surface area (TPSA) is 120 Å². The van der Waals surface area contributed by atoms with Gasteiger partial charge in [-0.05, 0) is 37.1 Å². The minimum absolute atomic E-state index is 0.0319. The van der Waals surface area contributed by atoms with E-state index >= 15 is 0 Å². The van der Waals surface area contributed by atoms with Crippen molar-refractivity contribution >= 4 is 28.7 Å². The lowest BCUT2D eigenvalue weighted by atomic mass is 10.1. The molecule has 0 atom stereocenters. The number of benzene rings is 1. The van der Waals surface area contributed by atoms with Gasteiger partial charge in [-0.3, -0.25) is 4.79 Å². The second-order valence-electron chi connectivity index (χ2n) is 7.37. The number of ether oxygens (including phenoxy) is 1. The Bertz CT molecular complexity index is 1100. The molecule has 2 fully saturated rings. The van der Waals surface area contributed by atoms with Crippen LogP contribution in [-0.4, -0.2) is 46.2 Å².